The van der Waals surface area contributed by atoms with E-state index in [0.717, 1.165) is 24.3 Å². The molecule has 6 nitrogen and oxygen atoms in total. The molecule has 1 aliphatic rings. The first-order valence-electron chi connectivity index (χ1n) is 8.84. The lowest BCUT2D eigenvalue weighted by Gasteiger charge is -2.27. The van der Waals surface area contributed by atoms with Crippen molar-refractivity contribution in [3.8, 4) is 6.07 Å². The van der Waals surface area contributed by atoms with Gasteiger partial charge >= 0.3 is 5.97 Å². The molecule has 0 aliphatic carbocycles. The van der Waals surface area contributed by atoms with Gasteiger partial charge in [0.15, 0.2) is 0 Å². The van der Waals surface area contributed by atoms with Crippen LogP contribution >= 0.6 is 11.6 Å². The summed E-state index contributed by atoms with van der Waals surface area (Å²) >= 11 is 5.86. The van der Waals surface area contributed by atoms with Gasteiger partial charge in [-0.25, -0.2) is 4.79 Å². The van der Waals surface area contributed by atoms with Gasteiger partial charge < -0.3 is 20.1 Å². The molecule has 0 spiro atoms. The Morgan fingerprint density at radius 1 is 1.37 bits per heavy atom. The van der Waals surface area contributed by atoms with Gasteiger partial charge in [0.05, 0.1) is 18.1 Å². The highest BCUT2D eigenvalue weighted by molar-refractivity contribution is 6.18. The summed E-state index contributed by atoms with van der Waals surface area (Å²) in [6, 6.07) is 9.75. The highest BCUT2D eigenvalue weighted by atomic mass is 35.5. The van der Waals surface area contributed by atoms with Crippen LogP contribution in [0.15, 0.2) is 47.1 Å². The minimum Gasteiger partial charge on any atom is -0.463 e. The Morgan fingerprint density at radius 2 is 2.04 bits per heavy atom. The SMILES string of the molecule is CCOC(=O)C1=C(C)OC(N)=C(C#N)C1c1ccc(N(CC)CCCl)cc1. The number of carbonyl (C=O) groups excluding carboxylic acids is 1. The number of ether oxygens (including phenoxy) is 2. The fourth-order valence-electron chi connectivity index (χ4n) is 3.14. The summed E-state index contributed by atoms with van der Waals surface area (Å²) in [5.74, 6) is -0.255. The molecule has 1 heterocycles. The first-order chi connectivity index (χ1) is 13.0. The van der Waals surface area contributed by atoms with E-state index in [4.69, 9.17) is 26.8 Å². The van der Waals surface area contributed by atoms with Gasteiger partial charge in [0.1, 0.15) is 17.4 Å². The van der Waals surface area contributed by atoms with Crippen LogP contribution in [0.4, 0.5) is 5.69 Å². The van der Waals surface area contributed by atoms with Crippen molar-refractivity contribution in [1.82, 2.24) is 0 Å². The van der Waals surface area contributed by atoms with Gasteiger partial charge in [0.25, 0.3) is 0 Å². The zero-order valence-electron chi connectivity index (χ0n) is 15.8. The van der Waals surface area contributed by atoms with Crippen molar-refractivity contribution >= 4 is 23.3 Å². The van der Waals surface area contributed by atoms with E-state index < -0.39 is 11.9 Å². The number of alkyl halides is 1. The van der Waals surface area contributed by atoms with E-state index in [1.807, 2.05) is 24.3 Å². The number of nitriles is 1. The Bertz CT molecular complexity index is 794. The highest BCUT2D eigenvalue weighted by Crippen LogP contribution is 2.40. The number of rotatable bonds is 7. The molecular formula is C20H24ClN3O3. The zero-order chi connectivity index (χ0) is 20.0. The molecule has 0 bridgehead atoms. The van der Waals surface area contributed by atoms with Crippen molar-refractivity contribution in [1.29, 1.82) is 5.26 Å². The molecule has 0 saturated heterocycles. The standard InChI is InChI=1S/C20H24ClN3O3/c1-4-24(11-10-21)15-8-6-14(7-9-15)18-16(12-22)19(23)27-13(3)17(18)20(25)26-5-2/h6-9,18H,4-5,10-11,23H2,1-3H3. The number of nitrogens with two attached hydrogens (primary N) is 1. The molecular weight excluding hydrogens is 366 g/mol. The predicted molar refractivity (Wildman–Crippen MR) is 105 cm³/mol. The van der Waals surface area contributed by atoms with Crippen molar-refractivity contribution in [2.75, 3.05) is 30.5 Å². The molecule has 27 heavy (non-hydrogen) atoms. The number of anilines is 1. The number of carbonyl (C=O) groups is 1. The molecule has 1 aliphatic heterocycles. The molecule has 0 amide bonds. The minimum absolute atomic E-state index is 0.00875. The second kappa shape index (κ2) is 9.33. The first-order valence-corrected chi connectivity index (χ1v) is 9.38. The maximum absolute atomic E-state index is 12.5. The molecule has 7 heteroatoms. The largest absolute Gasteiger partial charge is 0.463 e. The normalized spacial score (nSPS) is 16.6. The summed E-state index contributed by atoms with van der Waals surface area (Å²) in [5.41, 5.74) is 8.19. The molecule has 144 valence electrons. The maximum Gasteiger partial charge on any atom is 0.338 e. The second-order valence-corrected chi connectivity index (χ2v) is 6.35. The molecule has 0 aromatic heterocycles. The second-order valence-electron chi connectivity index (χ2n) is 5.98. The minimum atomic E-state index is -0.625. The van der Waals surface area contributed by atoms with Crippen molar-refractivity contribution < 1.29 is 14.3 Å². The number of esters is 1. The summed E-state index contributed by atoms with van der Waals surface area (Å²) in [4.78, 5) is 14.7. The smallest absolute Gasteiger partial charge is 0.338 e. The molecule has 0 saturated carbocycles. The predicted octanol–water partition coefficient (Wildman–Crippen LogP) is 3.40. The summed E-state index contributed by atoms with van der Waals surface area (Å²) < 4.78 is 10.6. The van der Waals surface area contributed by atoms with Crippen LogP contribution in [0.1, 0.15) is 32.3 Å². The lowest BCUT2D eigenvalue weighted by atomic mass is 9.83. The Kier molecular flexibility index (Phi) is 7.14. The van der Waals surface area contributed by atoms with Crippen molar-refractivity contribution in [3.63, 3.8) is 0 Å². The number of allylic oxidation sites excluding steroid dienone is 2. The van der Waals surface area contributed by atoms with Crippen LogP contribution in [-0.4, -0.2) is 31.5 Å². The van der Waals surface area contributed by atoms with Gasteiger partial charge in [0.2, 0.25) is 5.88 Å². The zero-order valence-corrected chi connectivity index (χ0v) is 16.5. The lowest BCUT2D eigenvalue weighted by molar-refractivity contribution is -0.139. The van der Waals surface area contributed by atoms with Crippen LogP contribution < -0.4 is 10.6 Å². The van der Waals surface area contributed by atoms with Gasteiger partial charge in [-0.3, -0.25) is 0 Å². The first kappa shape index (κ1) is 20.7. The third-order valence-electron chi connectivity index (χ3n) is 4.43. The Labute approximate surface area is 164 Å². The molecule has 1 aromatic carbocycles. The van der Waals surface area contributed by atoms with E-state index in [0.29, 0.717) is 17.2 Å². The Morgan fingerprint density at radius 3 is 2.56 bits per heavy atom. The van der Waals surface area contributed by atoms with E-state index in [2.05, 4.69) is 17.9 Å². The summed E-state index contributed by atoms with van der Waals surface area (Å²) in [6.45, 7) is 7.22. The Hall–Kier alpha value is -2.65. The summed E-state index contributed by atoms with van der Waals surface area (Å²) in [6.07, 6.45) is 0. The van der Waals surface area contributed by atoms with Crippen molar-refractivity contribution in [2.45, 2.75) is 26.7 Å². The highest BCUT2D eigenvalue weighted by Gasteiger charge is 2.36. The van der Waals surface area contributed by atoms with Crippen LogP contribution in [0.25, 0.3) is 0 Å². The summed E-state index contributed by atoms with van der Waals surface area (Å²) in [5, 5.41) is 9.59. The molecule has 1 atom stereocenters. The number of benzene rings is 1. The third-order valence-corrected chi connectivity index (χ3v) is 4.60. The molecule has 2 N–H and O–H groups in total. The quantitative estimate of drug-likeness (QED) is 0.568. The Balaban J connectivity index is 2.48. The van der Waals surface area contributed by atoms with Gasteiger partial charge in [0, 0.05) is 24.7 Å². The fraction of sp³-hybridized carbons (Fsp3) is 0.400. The van der Waals surface area contributed by atoms with Crippen LogP contribution in [0.5, 0.6) is 0 Å². The average Bonchev–Trinajstić information content (AvgIpc) is 2.66. The van der Waals surface area contributed by atoms with E-state index in [9.17, 15) is 10.1 Å². The molecule has 1 aromatic rings. The average molecular weight is 390 g/mol. The maximum atomic E-state index is 12.5. The number of hydrogen-bond acceptors (Lipinski definition) is 6. The van der Waals surface area contributed by atoms with E-state index in [1.165, 1.54) is 0 Å². The van der Waals surface area contributed by atoms with Gasteiger partial charge in [-0.2, -0.15) is 5.26 Å². The van der Waals surface area contributed by atoms with E-state index >= 15 is 0 Å². The number of halogens is 1. The van der Waals surface area contributed by atoms with E-state index in [1.54, 1.807) is 13.8 Å². The lowest BCUT2D eigenvalue weighted by Crippen LogP contribution is -2.26. The molecule has 1 unspecified atom stereocenters. The molecule has 0 radical (unpaired) electrons. The van der Waals surface area contributed by atoms with Gasteiger partial charge in [-0.1, -0.05) is 12.1 Å². The van der Waals surface area contributed by atoms with Crippen LogP contribution in [0.2, 0.25) is 0 Å². The topological polar surface area (TPSA) is 88.6 Å². The van der Waals surface area contributed by atoms with Gasteiger partial charge in [-0.15, -0.1) is 11.6 Å². The monoisotopic (exact) mass is 389 g/mol. The van der Waals surface area contributed by atoms with Gasteiger partial charge in [-0.05, 0) is 38.5 Å². The van der Waals surface area contributed by atoms with Crippen molar-refractivity contribution in [2.24, 2.45) is 5.73 Å². The van der Waals surface area contributed by atoms with Crippen LogP contribution in [0.3, 0.4) is 0 Å². The van der Waals surface area contributed by atoms with Crippen LogP contribution in [-0.2, 0) is 14.3 Å². The van der Waals surface area contributed by atoms with Crippen molar-refractivity contribution in [3.05, 3.63) is 52.6 Å². The number of hydrogen-bond donors (Lipinski definition) is 1. The third kappa shape index (κ3) is 4.37. The summed E-state index contributed by atoms with van der Waals surface area (Å²) in [7, 11) is 0. The van der Waals surface area contributed by atoms with Crippen LogP contribution in [0, 0.1) is 11.3 Å². The fourth-order valence-corrected chi connectivity index (χ4v) is 3.34. The molecule has 2 rings (SSSR count). The number of nitrogens with zero attached hydrogens (tertiary/aromatic N) is 2. The molecule has 0 fully saturated rings. The van der Waals surface area contributed by atoms with E-state index in [-0.39, 0.29) is 18.1 Å².